The topological polar surface area (TPSA) is 48.9 Å². The molecule has 1 heterocycles. The van der Waals surface area contributed by atoms with E-state index in [9.17, 15) is 5.11 Å². The van der Waals surface area contributed by atoms with Gasteiger partial charge in [0.15, 0.2) is 0 Å². The van der Waals surface area contributed by atoms with Crippen molar-refractivity contribution in [2.24, 2.45) is 0 Å². The van der Waals surface area contributed by atoms with Crippen molar-refractivity contribution in [1.82, 2.24) is 9.97 Å². The molecule has 0 aliphatic heterocycles. The highest BCUT2D eigenvalue weighted by Gasteiger charge is 2.29. The van der Waals surface area contributed by atoms with Crippen molar-refractivity contribution in [3.8, 4) is 0 Å². The molecule has 0 saturated carbocycles. The highest BCUT2D eigenvalue weighted by molar-refractivity contribution is 5.40. The van der Waals surface area contributed by atoms with Gasteiger partial charge in [-0.1, -0.05) is 18.2 Å². The van der Waals surface area contributed by atoms with E-state index in [1.807, 2.05) is 39.0 Å². The second-order valence-corrected chi connectivity index (χ2v) is 4.69. The van der Waals surface area contributed by atoms with Crippen molar-refractivity contribution in [2.45, 2.75) is 33.3 Å². The van der Waals surface area contributed by atoms with Crippen LogP contribution in [0, 0.1) is 20.8 Å². The molecule has 0 aliphatic rings. The van der Waals surface area contributed by atoms with Crippen LogP contribution in [-0.2, 0) is 5.60 Å². The molecule has 0 saturated heterocycles. The van der Waals surface area contributed by atoms with E-state index in [4.69, 9.17) is 0 Å². The highest BCUT2D eigenvalue weighted by Crippen LogP contribution is 2.31. The Hall–Kier alpha value is -1.61. The van der Waals surface area contributed by atoms with Crippen LogP contribution in [-0.4, -0.2) is 15.1 Å². The summed E-state index contributed by atoms with van der Waals surface area (Å²) in [6, 6.07) is 5.96. The predicted molar refractivity (Wildman–Crippen MR) is 67.9 cm³/mol. The quantitative estimate of drug-likeness (QED) is 0.833. The first-order chi connectivity index (χ1) is 7.93. The van der Waals surface area contributed by atoms with Gasteiger partial charge in [0, 0.05) is 6.20 Å². The van der Waals surface area contributed by atoms with E-state index in [2.05, 4.69) is 9.97 Å². The van der Waals surface area contributed by atoms with Crippen molar-refractivity contribution in [3.05, 3.63) is 52.6 Å². The van der Waals surface area contributed by atoms with Crippen LogP contribution in [0.5, 0.6) is 0 Å². The van der Waals surface area contributed by atoms with Crippen LogP contribution in [0.15, 0.2) is 24.4 Å². The zero-order valence-electron chi connectivity index (χ0n) is 10.7. The highest BCUT2D eigenvalue weighted by atomic mass is 16.3. The third-order valence-electron chi connectivity index (χ3n) is 3.33. The van der Waals surface area contributed by atoms with Crippen LogP contribution in [0.3, 0.4) is 0 Å². The number of aliphatic hydroxyl groups is 1. The summed E-state index contributed by atoms with van der Waals surface area (Å²) in [4.78, 5) is 7.33. The van der Waals surface area contributed by atoms with Gasteiger partial charge in [-0.2, -0.15) is 0 Å². The molecular formula is C14H18N2O. The van der Waals surface area contributed by atoms with Gasteiger partial charge in [-0.15, -0.1) is 0 Å². The fraction of sp³-hybridized carbons (Fsp3) is 0.357. The normalized spacial score (nSPS) is 14.6. The number of hydrogen-bond donors (Lipinski definition) is 2. The van der Waals surface area contributed by atoms with Crippen LogP contribution >= 0.6 is 0 Å². The molecule has 0 amide bonds. The van der Waals surface area contributed by atoms with Gasteiger partial charge in [0.25, 0.3) is 0 Å². The Morgan fingerprint density at radius 1 is 1.24 bits per heavy atom. The maximum absolute atomic E-state index is 10.7. The molecule has 17 heavy (non-hydrogen) atoms. The van der Waals surface area contributed by atoms with Crippen LogP contribution in [0.2, 0.25) is 0 Å². The number of nitrogens with zero attached hydrogens (tertiary/aromatic N) is 1. The van der Waals surface area contributed by atoms with Gasteiger partial charge in [0.2, 0.25) is 0 Å². The molecule has 2 aromatic rings. The van der Waals surface area contributed by atoms with E-state index in [1.54, 1.807) is 13.1 Å². The minimum Gasteiger partial charge on any atom is -0.379 e. The van der Waals surface area contributed by atoms with Crippen molar-refractivity contribution < 1.29 is 5.11 Å². The van der Waals surface area contributed by atoms with Crippen molar-refractivity contribution in [3.63, 3.8) is 0 Å². The fourth-order valence-electron chi connectivity index (χ4n) is 2.08. The molecule has 1 aromatic heterocycles. The first-order valence-corrected chi connectivity index (χ1v) is 5.74. The molecule has 1 atom stereocenters. The van der Waals surface area contributed by atoms with Crippen LogP contribution in [0.1, 0.15) is 35.1 Å². The summed E-state index contributed by atoms with van der Waals surface area (Å²) in [6.07, 6.45) is 1.76. The first kappa shape index (κ1) is 11.9. The Balaban J connectivity index is 2.55. The third-order valence-corrected chi connectivity index (χ3v) is 3.33. The summed E-state index contributed by atoms with van der Waals surface area (Å²) in [6.45, 7) is 7.73. The number of imidazole rings is 1. The molecule has 1 aromatic carbocycles. The minimum absolute atomic E-state index is 0.656. The number of nitrogens with one attached hydrogen (secondary N) is 1. The van der Waals surface area contributed by atoms with Gasteiger partial charge in [-0.05, 0) is 44.4 Å². The van der Waals surface area contributed by atoms with E-state index in [0.717, 1.165) is 17.0 Å². The lowest BCUT2D eigenvalue weighted by molar-refractivity contribution is 0.0970. The fourth-order valence-corrected chi connectivity index (χ4v) is 2.08. The lowest BCUT2D eigenvalue weighted by Crippen LogP contribution is -2.24. The zero-order chi connectivity index (χ0) is 12.6. The second kappa shape index (κ2) is 4.00. The van der Waals surface area contributed by atoms with Crippen molar-refractivity contribution in [1.29, 1.82) is 0 Å². The second-order valence-electron chi connectivity index (χ2n) is 4.69. The van der Waals surface area contributed by atoms with Crippen LogP contribution < -0.4 is 0 Å². The van der Waals surface area contributed by atoms with Gasteiger partial charge in [-0.25, -0.2) is 4.98 Å². The van der Waals surface area contributed by atoms with E-state index in [-0.39, 0.29) is 0 Å². The first-order valence-electron chi connectivity index (χ1n) is 5.74. The van der Waals surface area contributed by atoms with Crippen LogP contribution in [0.4, 0.5) is 0 Å². The number of hydrogen-bond acceptors (Lipinski definition) is 2. The molecule has 0 radical (unpaired) electrons. The smallest absolute Gasteiger partial charge is 0.130 e. The number of aryl methyl sites for hydroxylation is 2. The molecule has 90 valence electrons. The Labute approximate surface area is 102 Å². The SMILES string of the molecule is Cc1nc(C(C)(O)c2cccc(C)c2C)c[nH]1. The Morgan fingerprint density at radius 2 is 1.94 bits per heavy atom. The van der Waals surface area contributed by atoms with Gasteiger partial charge < -0.3 is 10.1 Å². The maximum Gasteiger partial charge on any atom is 0.130 e. The van der Waals surface area contributed by atoms with Crippen LogP contribution in [0.25, 0.3) is 0 Å². The van der Waals surface area contributed by atoms with Gasteiger partial charge in [0.1, 0.15) is 11.4 Å². The van der Waals surface area contributed by atoms with E-state index >= 15 is 0 Å². The van der Waals surface area contributed by atoms with E-state index in [1.165, 1.54) is 5.56 Å². The molecule has 0 bridgehead atoms. The summed E-state index contributed by atoms with van der Waals surface area (Å²) in [5, 5.41) is 10.7. The average Bonchev–Trinajstić information content (AvgIpc) is 2.69. The molecule has 0 fully saturated rings. The number of H-pyrrole nitrogens is 1. The minimum atomic E-state index is -1.05. The summed E-state index contributed by atoms with van der Waals surface area (Å²) in [5.74, 6) is 0.811. The Kier molecular flexibility index (Phi) is 2.79. The Bertz CT molecular complexity index is 541. The van der Waals surface area contributed by atoms with E-state index in [0.29, 0.717) is 5.69 Å². The molecule has 0 spiro atoms. The van der Waals surface area contributed by atoms with Gasteiger partial charge >= 0.3 is 0 Å². The largest absolute Gasteiger partial charge is 0.379 e. The Morgan fingerprint density at radius 3 is 2.53 bits per heavy atom. The molecule has 3 heteroatoms. The lowest BCUT2D eigenvalue weighted by atomic mass is 9.88. The summed E-state index contributed by atoms with van der Waals surface area (Å²) >= 11 is 0. The molecule has 0 aliphatic carbocycles. The molecule has 3 nitrogen and oxygen atoms in total. The van der Waals surface area contributed by atoms with Gasteiger partial charge in [0.05, 0.1) is 5.69 Å². The third kappa shape index (κ3) is 1.98. The average molecular weight is 230 g/mol. The number of rotatable bonds is 2. The van der Waals surface area contributed by atoms with Crippen molar-refractivity contribution in [2.75, 3.05) is 0 Å². The maximum atomic E-state index is 10.7. The number of aromatic nitrogens is 2. The zero-order valence-corrected chi connectivity index (χ0v) is 10.7. The van der Waals surface area contributed by atoms with Crippen molar-refractivity contribution >= 4 is 0 Å². The van der Waals surface area contributed by atoms with Gasteiger partial charge in [-0.3, -0.25) is 0 Å². The summed E-state index contributed by atoms with van der Waals surface area (Å²) in [7, 11) is 0. The lowest BCUT2D eigenvalue weighted by Gasteiger charge is -2.24. The predicted octanol–water partition coefficient (Wildman–Crippen LogP) is 2.59. The standard InChI is InChI=1S/C14H18N2O/c1-9-6-5-7-12(10(9)2)14(4,17)13-8-15-11(3)16-13/h5-8,17H,1-4H3,(H,15,16). The molecular weight excluding hydrogens is 212 g/mol. The molecule has 1 unspecified atom stereocenters. The summed E-state index contributed by atoms with van der Waals surface area (Å²) in [5.41, 5.74) is 2.79. The number of benzene rings is 1. The summed E-state index contributed by atoms with van der Waals surface area (Å²) < 4.78 is 0. The monoisotopic (exact) mass is 230 g/mol. The van der Waals surface area contributed by atoms with E-state index < -0.39 is 5.60 Å². The molecule has 2 N–H and O–H groups in total. The molecule has 2 rings (SSSR count). The number of aromatic amines is 1.